The molecule has 4 nitrogen and oxygen atoms in total. The molecule has 10 heavy (non-hydrogen) atoms. The summed E-state index contributed by atoms with van der Waals surface area (Å²) in [4.78, 5) is 5.46. The third kappa shape index (κ3) is 1.94. The highest BCUT2D eigenvalue weighted by Crippen LogP contribution is 1.95. The van der Waals surface area contributed by atoms with E-state index in [1.165, 1.54) is 0 Å². The van der Waals surface area contributed by atoms with Gasteiger partial charge in [-0.2, -0.15) is 0 Å². The van der Waals surface area contributed by atoms with Gasteiger partial charge in [-0.15, -0.1) is 0 Å². The summed E-state index contributed by atoms with van der Waals surface area (Å²) in [5.74, 6) is 0. The van der Waals surface area contributed by atoms with Crippen LogP contribution < -0.4 is 0 Å². The summed E-state index contributed by atoms with van der Waals surface area (Å²) >= 11 is 4.71. The summed E-state index contributed by atoms with van der Waals surface area (Å²) in [6, 6.07) is 0. The molecular formula is C5H8N2O2S. The quantitative estimate of drug-likeness (QED) is 0.361. The molecule has 0 aromatic carbocycles. The van der Waals surface area contributed by atoms with Crippen LogP contribution in [0, 0.1) is 4.77 Å². The number of hydrogen-bond donors (Lipinski definition) is 4. The van der Waals surface area contributed by atoms with Gasteiger partial charge in [0.25, 0.3) is 0 Å². The van der Waals surface area contributed by atoms with Crippen LogP contribution in [0.3, 0.4) is 0 Å². The van der Waals surface area contributed by atoms with Gasteiger partial charge in [-0.25, -0.2) is 0 Å². The van der Waals surface area contributed by atoms with E-state index in [1.807, 2.05) is 0 Å². The highest BCUT2D eigenvalue weighted by molar-refractivity contribution is 7.71. The molecule has 0 bridgehead atoms. The minimum absolute atomic E-state index is 0.174. The van der Waals surface area contributed by atoms with Crippen molar-refractivity contribution in [1.82, 2.24) is 9.97 Å². The zero-order chi connectivity index (χ0) is 7.56. The average molecular weight is 160 g/mol. The molecule has 0 radical (unpaired) electrons. The van der Waals surface area contributed by atoms with E-state index < -0.39 is 6.29 Å². The predicted octanol–water partition coefficient (Wildman–Crippen LogP) is -0.0745. The Balaban J connectivity index is 2.67. The molecule has 0 spiro atoms. The molecule has 0 saturated carbocycles. The number of aromatic nitrogens is 2. The van der Waals surface area contributed by atoms with Gasteiger partial charge in [0.1, 0.15) is 0 Å². The lowest BCUT2D eigenvalue weighted by molar-refractivity contribution is -0.0387. The second-order valence-electron chi connectivity index (χ2n) is 1.95. The van der Waals surface area contributed by atoms with E-state index >= 15 is 0 Å². The van der Waals surface area contributed by atoms with E-state index in [1.54, 1.807) is 6.20 Å². The lowest BCUT2D eigenvalue weighted by Crippen LogP contribution is -2.08. The molecule has 0 fully saturated rings. The van der Waals surface area contributed by atoms with E-state index in [4.69, 9.17) is 22.4 Å². The van der Waals surface area contributed by atoms with Crippen LogP contribution in [0.1, 0.15) is 5.69 Å². The Morgan fingerprint density at radius 2 is 2.30 bits per heavy atom. The standard InChI is InChI=1S/C5H8N2O2S/c8-4(9)1-3-2-6-5(10)7-3/h2,4,8-9H,1H2,(H2,6,7,10). The zero-order valence-corrected chi connectivity index (χ0v) is 5.98. The summed E-state index contributed by atoms with van der Waals surface area (Å²) in [6.07, 6.45) is 0.469. The minimum Gasteiger partial charge on any atom is -0.368 e. The number of H-pyrrole nitrogens is 2. The molecule has 1 rings (SSSR count). The smallest absolute Gasteiger partial charge is 0.174 e. The Labute approximate surface area is 62.5 Å². The van der Waals surface area contributed by atoms with Gasteiger partial charge >= 0.3 is 0 Å². The normalized spacial score (nSPS) is 10.7. The van der Waals surface area contributed by atoms with Crippen LogP contribution in [0.15, 0.2) is 6.20 Å². The first-order chi connectivity index (χ1) is 4.68. The fourth-order valence-corrected chi connectivity index (χ4v) is 0.867. The second kappa shape index (κ2) is 2.96. The van der Waals surface area contributed by atoms with E-state index in [0.717, 1.165) is 0 Å². The summed E-state index contributed by atoms with van der Waals surface area (Å²) in [5.41, 5.74) is 0.694. The van der Waals surface area contributed by atoms with Gasteiger partial charge < -0.3 is 20.2 Å². The maximum Gasteiger partial charge on any atom is 0.174 e. The minimum atomic E-state index is -1.32. The zero-order valence-electron chi connectivity index (χ0n) is 5.16. The Bertz CT molecular complexity index is 252. The molecule has 4 N–H and O–H groups in total. The molecule has 5 heteroatoms. The second-order valence-corrected chi connectivity index (χ2v) is 2.36. The van der Waals surface area contributed by atoms with Crippen molar-refractivity contribution in [1.29, 1.82) is 0 Å². The monoisotopic (exact) mass is 160 g/mol. The van der Waals surface area contributed by atoms with Gasteiger partial charge in [0.05, 0.1) is 0 Å². The van der Waals surface area contributed by atoms with Crippen molar-refractivity contribution in [3.05, 3.63) is 16.7 Å². The molecule has 0 aliphatic carbocycles. The van der Waals surface area contributed by atoms with Gasteiger partial charge in [0, 0.05) is 18.3 Å². The van der Waals surface area contributed by atoms with Crippen LogP contribution in [-0.2, 0) is 6.42 Å². The number of aliphatic hydroxyl groups is 2. The molecule has 0 aliphatic heterocycles. The van der Waals surface area contributed by atoms with Gasteiger partial charge in [-0.1, -0.05) is 0 Å². The van der Waals surface area contributed by atoms with E-state index in [0.29, 0.717) is 10.5 Å². The summed E-state index contributed by atoms with van der Waals surface area (Å²) < 4.78 is 0.496. The van der Waals surface area contributed by atoms with Crippen molar-refractivity contribution >= 4 is 12.2 Å². The fourth-order valence-electron chi connectivity index (χ4n) is 0.677. The molecule has 1 aromatic heterocycles. The molecule has 0 amide bonds. The fraction of sp³-hybridized carbons (Fsp3) is 0.400. The van der Waals surface area contributed by atoms with Crippen molar-refractivity contribution in [2.24, 2.45) is 0 Å². The van der Waals surface area contributed by atoms with Gasteiger partial charge in [-0.3, -0.25) is 0 Å². The van der Waals surface area contributed by atoms with E-state index in [-0.39, 0.29) is 6.42 Å². The molecule has 1 heterocycles. The third-order valence-corrected chi connectivity index (χ3v) is 1.27. The number of aliphatic hydroxyl groups excluding tert-OH is 1. The molecule has 0 atom stereocenters. The summed E-state index contributed by atoms with van der Waals surface area (Å²) in [5, 5.41) is 17.0. The van der Waals surface area contributed by atoms with E-state index in [9.17, 15) is 0 Å². The number of nitrogens with one attached hydrogen (secondary N) is 2. The topological polar surface area (TPSA) is 72.0 Å². The van der Waals surface area contributed by atoms with Crippen LogP contribution in [0.5, 0.6) is 0 Å². The number of imidazole rings is 1. The Morgan fingerprint density at radius 3 is 2.70 bits per heavy atom. The summed E-state index contributed by atoms with van der Waals surface area (Å²) in [7, 11) is 0. The van der Waals surface area contributed by atoms with Crippen LogP contribution in [0.2, 0.25) is 0 Å². The van der Waals surface area contributed by atoms with Gasteiger partial charge in [-0.05, 0) is 12.2 Å². The maximum absolute atomic E-state index is 8.50. The van der Waals surface area contributed by atoms with Gasteiger partial charge in [0.15, 0.2) is 11.1 Å². The molecular weight excluding hydrogens is 152 g/mol. The Kier molecular flexibility index (Phi) is 2.21. The van der Waals surface area contributed by atoms with Gasteiger partial charge in [0.2, 0.25) is 0 Å². The van der Waals surface area contributed by atoms with Crippen molar-refractivity contribution in [3.8, 4) is 0 Å². The largest absolute Gasteiger partial charge is 0.368 e. The van der Waals surface area contributed by atoms with Crippen molar-refractivity contribution in [3.63, 3.8) is 0 Å². The van der Waals surface area contributed by atoms with Crippen LogP contribution in [0.25, 0.3) is 0 Å². The number of hydrogen-bond acceptors (Lipinski definition) is 3. The van der Waals surface area contributed by atoms with Crippen LogP contribution >= 0.6 is 12.2 Å². The lowest BCUT2D eigenvalue weighted by atomic mass is 10.3. The van der Waals surface area contributed by atoms with Crippen LogP contribution in [0.4, 0.5) is 0 Å². The van der Waals surface area contributed by atoms with Crippen LogP contribution in [-0.4, -0.2) is 26.5 Å². The molecule has 0 aliphatic rings. The summed E-state index contributed by atoms with van der Waals surface area (Å²) in [6.45, 7) is 0. The molecule has 0 unspecified atom stereocenters. The lowest BCUT2D eigenvalue weighted by Gasteiger charge is -1.97. The third-order valence-electron chi connectivity index (χ3n) is 1.05. The predicted molar refractivity (Wildman–Crippen MR) is 37.9 cm³/mol. The molecule has 0 saturated heterocycles. The highest BCUT2D eigenvalue weighted by Gasteiger charge is 1.99. The Hall–Kier alpha value is -0.650. The number of aromatic amines is 2. The first-order valence-corrected chi connectivity index (χ1v) is 3.22. The SMILES string of the molecule is OC(O)Cc1c[nH]c(=S)[nH]1. The highest BCUT2D eigenvalue weighted by atomic mass is 32.1. The van der Waals surface area contributed by atoms with Crippen molar-refractivity contribution < 1.29 is 10.2 Å². The average Bonchev–Trinajstić information content (AvgIpc) is 2.13. The Morgan fingerprint density at radius 1 is 1.60 bits per heavy atom. The molecule has 1 aromatic rings. The maximum atomic E-state index is 8.50. The first kappa shape index (κ1) is 7.46. The first-order valence-electron chi connectivity index (χ1n) is 2.81. The number of rotatable bonds is 2. The van der Waals surface area contributed by atoms with E-state index in [2.05, 4.69) is 9.97 Å². The molecule has 56 valence electrons. The van der Waals surface area contributed by atoms with Crippen molar-refractivity contribution in [2.75, 3.05) is 0 Å². The van der Waals surface area contributed by atoms with Crippen molar-refractivity contribution in [2.45, 2.75) is 12.7 Å².